The van der Waals surface area contributed by atoms with Gasteiger partial charge >= 0.3 is 6.18 Å². The molecule has 3 rings (SSSR count). The predicted octanol–water partition coefficient (Wildman–Crippen LogP) is 3.11. The lowest BCUT2D eigenvalue weighted by molar-refractivity contribution is -0.136. The van der Waals surface area contributed by atoms with Crippen LogP contribution in [0.2, 0.25) is 0 Å². The molecule has 0 bridgehead atoms. The minimum atomic E-state index is -4.65. The van der Waals surface area contributed by atoms with Crippen molar-refractivity contribution in [3.63, 3.8) is 0 Å². The maximum atomic E-state index is 13.6. The second kappa shape index (κ2) is 7.25. The highest BCUT2D eigenvalue weighted by Crippen LogP contribution is 2.44. The third-order valence-corrected chi connectivity index (χ3v) is 6.38. The molecule has 0 saturated carbocycles. The Hall–Kier alpha value is -2.11. The molecule has 0 aliphatic carbocycles. The van der Waals surface area contributed by atoms with Crippen LogP contribution in [0.15, 0.2) is 29.0 Å². The van der Waals surface area contributed by atoms with Crippen LogP contribution in [0.4, 0.5) is 18.9 Å². The third kappa shape index (κ3) is 3.55. The lowest BCUT2D eigenvalue weighted by Crippen LogP contribution is -2.08. The quantitative estimate of drug-likeness (QED) is 0.705. The molecule has 138 valence electrons. The molecule has 0 spiro atoms. The Morgan fingerprint density at radius 2 is 2.00 bits per heavy atom. The molecule has 0 fully saturated rings. The summed E-state index contributed by atoms with van der Waals surface area (Å²) in [6.45, 7) is 0.201. The molecule has 3 aromatic heterocycles. The molecule has 0 radical (unpaired) electrons. The van der Waals surface area contributed by atoms with Gasteiger partial charge < -0.3 is 10.5 Å². The number of nitrogens with zero attached hydrogens (tertiary/aromatic N) is 3. The van der Waals surface area contributed by atoms with Gasteiger partial charge in [-0.1, -0.05) is 0 Å². The van der Waals surface area contributed by atoms with Crippen LogP contribution in [0.25, 0.3) is 21.5 Å². The van der Waals surface area contributed by atoms with Crippen LogP contribution >= 0.6 is 11.3 Å². The van der Waals surface area contributed by atoms with Crippen molar-refractivity contribution in [2.24, 2.45) is 0 Å². The van der Waals surface area contributed by atoms with E-state index in [2.05, 4.69) is 15.0 Å². The van der Waals surface area contributed by atoms with E-state index in [0.717, 1.165) is 17.4 Å². The monoisotopic (exact) mass is 402 g/mol. The maximum Gasteiger partial charge on any atom is 0.417 e. The molecule has 0 unspecified atom stereocenters. The molecule has 2 N–H and O–H groups in total. The van der Waals surface area contributed by atoms with E-state index in [1.165, 1.54) is 25.8 Å². The molecule has 11 heteroatoms. The number of fused-ring (bicyclic) bond motifs is 1. The Kier molecular flexibility index (Phi) is 5.21. The SMILES string of the molecule is COCC[S@@](=O)c1sc2nc(-c3cncnc3)cc(C(F)(F)F)c2c1N. The van der Waals surface area contributed by atoms with Crippen LogP contribution in [0, 0.1) is 0 Å². The molecule has 6 nitrogen and oxygen atoms in total. The van der Waals surface area contributed by atoms with Gasteiger partial charge in [-0.05, 0) is 6.07 Å². The summed E-state index contributed by atoms with van der Waals surface area (Å²) in [7, 11) is -0.130. The summed E-state index contributed by atoms with van der Waals surface area (Å²) < 4.78 is 58.2. The maximum absolute atomic E-state index is 13.6. The predicted molar refractivity (Wildman–Crippen MR) is 93.2 cm³/mol. The normalized spacial score (nSPS) is 13.2. The van der Waals surface area contributed by atoms with Crippen LogP contribution < -0.4 is 5.73 Å². The zero-order valence-corrected chi connectivity index (χ0v) is 15.0. The van der Waals surface area contributed by atoms with Gasteiger partial charge in [-0.15, -0.1) is 11.3 Å². The molecule has 0 aromatic carbocycles. The van der Waals surface area contributed by atoms with Crippen molar-refractivity contribution in [1.29, 1.82) is 0 Å². The van der Waals surface area contributed by atoms with E-state index < -0.39 is 22.5 Å². The number of halogens is 3. The number of thiophene rings is 1. The van der Waals surface area contributed by atoms with E-state index in [0.29, 0.717) is 5.56 Å². The first-order chi connectivity index (χ1) is 12.3. The summed E-state index contributed by atoms with van der Waals surface area (Å²) in [5.41, 5.74) is 5.24. The fourth-order valence-electron chi connectivity index (χ4n) is 2.32. The fraction of sp³-hybridized carbons (Fsp3) is 0.267. The highest BCUT2D eigenvalue weighted by Gasteiger charge is 2.36. The average Bonchev–Trinajstić information content (AvgIpc) is 2.95. The molecule has 0 aliphatic heterocycles. The number of hydrogen-bond donors (Lipinski definition) is 1. The Labute approximate surface area is 152 Å². The van der Waals surface area contributed by atoms with Gasteiger partial charge in [-0.3, -0.25) is 4.21 Å². The van der Waals surface area contributed by atoms with Gasteiger partial charge in [-0.25, -0.2) is 15.0 Å². The Morgan fingerprint density at radius 3 is 2.62 bits per heavy atom. The number of rotatable bonds is 5. The van der Waals surface area contributed by atoms with E-state index in [-0.39, 0.29) is 38.2 Å². The van der Waals surface area contributed by atoms with Crippen molar-refractivity contribution in [3.05, 3.63) is 30.4 Å². The Morgan fingerprint density at radius 1 is 1.31 bits per heavy atom. The number of methoxy groups -OCH3 is 1. The smallest absolute Gasteiger partial charge is 0.396 e. The van der Waals surface area contributed by atoms with Crippen LogP contribution in [-0.4, -0.2) is 38.6 Å². The number of pyridine rings is 1. The molecule has 0 aliphatic rings. The van der Waals surface area contributed by atoms with Crippen molar-refractivity contribution in [3.8, 4) is 11.3 Å². The lowest BCUT2D eigenvalue weighted by atomic mass is 10.1. The van der Waals surface area contributed by atoms with Crippen molar-refractivity contribution in [1.82, 2.24) is 15.0 Å². The Bertz CT molecular complexity index is 961. The largest absolute Gasteiger partial charge is 0.417 e. The standard InChI is InChI=1S/C15H13F3N4O2S2/c1-24-2-3-26(23)14-12(19)11-9(15(16,17)18)4-10(22-13(11)25-14)8-5-20-7-21-6-8/h4-7H,2-3,19H2,1H3/t26-/m1/s1. The summed E-state index contributed by atoms with van der Waals surface area (Å²) in [5.74, 6) is 0.133. The van der Waals surface area contributed by atoms with Gasteiger partial charge in [0.05, 0.1) is 40.1 Å². The minimum Gasteiger partial charge on any atom is -0.396 e. The second-order valence-corrected chi connectivity index (χ2v) is 7.97. The molecule has 26 heavy (non-hydrogen) atoms. The second-order valence-electron chi connectivity index (χ2n) is 5.21. The summed E-state index contributed by atoms with van der Waals surface area (Å²) in [5, 5.41) is -0.233. The van der Waals surface area contributed by atoms with Crippen molar-refractivity contribution in [2.75, 3.05) is 25.2 Å². The van der Waals surface area contributed by atoms with Gasteiger partial charge in [0.25, 0.3) is 0 Å². The Balaban J connectivity index is 2.23. The van der Waals surface area contributed by atoms with E-state index in [9.17, 15) is 17.4 Å². The van der Waals surface area contributed by atoms with Crippen LogP contribution in [0.1, 0.15) is 5.56 Å². The van der Waals surface area contributed by atoms with Gasteiger partial charge in [0.15, 0.2) is 0 Å². The zero-order valence-electron chi connectivity index (χ0n) is 13.4. The molecular weight excluding hydrogens is 389 g/mol. The lowest BCUT2D eigenvalue weighted by Gasteiger charge is -2.11. The first-order valence-electron chi connectivity index (χ1n) is 7.25. The van der Waals surface area contributed by atoms with Gasteiger partial charge in [0, 0.05) is 30.5 Å². The number of hydrogen-bond acceptors (Lipinski definition) is 7. The first kappa shape index (κ1) is 18.7. The zero-order chi connectivity index (χ0) is 18.9. The number of alkyl halides is 3. The summed E-state index contributed by atoms with van der Waals surface area (Å²) in [4.78, 5) is 11.9. The summed E-state index contributed by atoms with van der Waals surface area (Å²) in [6, 6.07) is 0.909. The van der Waals surface area contributed by atoms with Crippen molar-refractivity contribution < 1.29 is 22.1 Å². The third-order valence-electron chi connectivity index (χ3n) is 3.51. The molecule has 3 heterocycles. The highest BCUT2D eigenvalue weighted by atomic mass is 32.2. The van der Waals surface area contributed by atoms with Crippen LogP contribution in [-0.2, 0) is 21.7 Å². The number of aromatic nitrogens is 3. The van der Waals surface area contributed by atoms with Gasteiger partial charge in [-0.2, -0.15) is 13.2 Å². The van der Waals surface area contributed by atoms with Gasteiger partial charge in [0.1, 0.15) is 15.4 Å². The average molecular weight is 402 g/mol. The van der Waals surface area contributed by atoms with Crippen LogP contribution in [0.5, 0.6) is 0 Å². The number of anilines is 1. The first-order valence-corrected chi connectivity index (χ1v) is 9.39. The molecule has 3 aromatic rings. The van der Waals surface area contributed by atoms with E-state index in [4.69, 9.17) is 10.5 Å². The topological polar surface area (TPSA) is 91.0 Å². The van der Waals surface area contributed by atoms with E-state index in [1.54, 1.807) is 0 Å². The summed E-state index contributed by atoms with van der Waals surface area (Å²) >= 11 is 0.889. The van der Waals surface area contributed by atoms with Crippen LogP contribution in [0.3, 0.4) is 0 Å². The summed E-state index contributed by atoms with van der Waals surface area (Å²) in [6.07, 6.45) is -0.634. The highest BCUT2D eigenvalue weighted by molar-refractivity contribution is 7.87. The van der Waals surface area contributed by atoms with Crippen molar-refractivity contribution >= 4 is 38.0 Å². The van der Waals surface area contributed by atoms with E-state index >= 15 is 0 Å². The molecule has 1 atom stereocenters. The van der Waals surface area contributed by atoms with E-state index in [1.807, 2.05) is 0 Å². The number of nitrogens with two attached hydrogens (primary N) is 1. The van der Waals surface area contributed by atoms with Crippen molar-refractivity contribution in [2.45, 2.75) is 10.4 Å². The van der Waals surface area contributed by atoms with Gasteiger partial charge in [0.2, 0.25) is 0 Å². The minimum absolute atomic E-state index is 0.0666. The molecule has 0 amide bonds. The molecule has 0 saturated heterocycles. The number of nitrogen functional groups attached to an aromatic ring is 1. The fourth-order valence-corrected chi connectivity index (χ4v) is 4.89. The molecular formula is C15H13F3N4O2S2. The number of ether oxygens (including phenoxy) is 1.